The zero-order valence-corrected chi connectivity index (χ0v) is 22.9. The van der Waals surface area contributed by atoms with Gasteiger partial charge in [0.2, 0.25) is 5.91 Å². The van der Waals surface area contributed by atoms with E-state index in [1.807, 2.05) is 54.6 Å². The summed E-state index contributed by atoms with van der Waals surface area (Å²) in [5.41, 5.74) is 2.73. The molecule has 1 saturated carbocycles. The molecule has 0 heterocycles. The van der Waals surface area contributed by atoms with Crippen molar-refractivity contribution in [3.63, 3.8) is 0 Å². The van der Waals surface area contributed by atoms with Crippen LogP contribution in [0, 0.1) is 5.82 Å². The maximum Gasteiger partial charge on any atom is 0.261 e. The Morgan fingerprint density at radius 1 is 0.897 bits per heavy atom. The molecule has 0 bridgehead atoms. The monoisotopic (exact) mass is 530 g/mol. The zero-order chi connectivity index (χ0) is 27.6. The average molecular weight is 531 g/mol. The summed E-state index contributed by atoms with van der Waals surface area (Å²) in [4.78, 5) is 29.3. The van der Waals surface area contributed by atoms with E-state index in [2.05, 4.69) is 19.2 Å². The summed E-state index contributed by atoms with van der Waals surface area (Å²) >= 11 is 0. The summed E-state index contributed by atoms with van der Waals surface area (Å²) in [7, 11) is 0. The number of carbonyl (C=O) groups is 2. The SMILES string of the molecule is CC(C)c1ccccc1OCC(=O)N(Cc1ccc(F)cc1)C(Cc1ccccc1)C(=O)NC1CCCCC1. The predicted octanol–water partition coefficient (Wildman–Crippen LogP) is 6.42. The first-order chi connectivity index (χ1) is 18.9. The molecule has 1 N–H and O–H groups in total. The Hall–Kier alpha value is -3.67. The molecule has 1 fully saturated rings. The fourth-order valence-electron chi connectivity index (χ4n) is 5.20. The third-order valence-corrected chi connectivity index (χ3v) is 7.38. The van der Waals surface area contributed by atoms with Crippen molar-refractivity contribution in [3.05, 3.63) is 101 Å². The third-order valence-electron chi connectivity index (χ3n) is 7.38. The van der Waals surface area contributed by atoms with Gasteiger partial charge in [0.05, 0.1) is 0 Å². The molecule has 0 spiro atoms. The number of nitrogens with one attached hydrogen (secondary N) is 1. The highest BCUT2D eigenvalue weighted by Gasteiger charge is 2.32. The molecule has 4 rings (SSSR count). The maximum atomic E-state index is 13.8. The number of nitrogens with zero attached hydrogens (tertiary/aromatic N) is 1. The summed E-state index contributed by atoms with van der Waals surface area (Å²) in [6.07, 6.45) is 5.64. The number of hydrogen-bond donors (Lipinski definition) is 1. The van der Waals surface area contributed by atoms with Crippen molar-refractivity contribution in [1.82, 2.24) is 10.2 Å². The standard InChI is InChI=1S/C33H39FN2O3/c1-24(2)29-15-9-10-16-31(29)39-23-32(37)36(22-26-17-19-27(34)20-18-26)30(21-25-11-5-3-6-12-25)33(38)35-28-13-7-4-8-14-28/h3,5-6,9-12,15-20,24,28,30H,4,7-8,13-14,21-23H2,1-2H3,(H,35,38). The lowest BCUT2D eigenvalue weighted by atomic mass is 9.94. The zero-order valence-electron chi connectivity index (χ0n) is 22.9. The topological polar surface area (TPSA) is 58.6 Å². The fourth-order valence-corrected chi connectivity index (χ4v) is 5.20. The summed E-state index contributed by atoms with van der Waals surface area (Å²) in [6, 6.07) is 22.9. The minimum atomic E-state index is -0.740. The first-order valence-electron chi connectivity index (χ1n) is 14.0. The molecule has 5 nitrogen and oxygen atoms in total. The predicted molar refractivity (Wildman–Crippen MR) is 152 cm³/mol. The Morgan fingerprint density at radius 3 is 2.26 bits per heavy atom. The fraction of sp³-hybridized carbons (Fsp3) is 0.394. The van der Waals surface area contributed by atoms with Gasteiger partial charge < -0.3 is 15.0 Å². The number of carbonyl (C=O) groups excluding carboxylic acids is 2. The van der Waals surface area contributed by atoms with E-state index in [9.17, 15) is 14.0 Å². The molecule has 6 heteroatoms. The number of amides is 2. The Labute approximate surface area is 231 Å². The van der Waals surface area contributed by atoms with Gasteiger partial charge in [0.25, 0.3) is 5.91 Å². The Kier molecular flexibility index (Phi) is 10.1. The van der Waals surface area contributed by atoms with Gasteiger partial charge in [0, 0.05) is 19.0 Å². The molecule has 2 amide bonds. The molecular weight excluding hydrogens is 491 g/mol. The quantitative estimate of drug-likeness (QED) is 0.311. The molecule has 0 aliphatic heterocycles. The van der Waals surface area contributed by atoms with Gasteiger partial charge in [-0.3, -0.25) is 9.59 Å². The molecule has 0 saturated heterocycles. The average Bonchev–Trinajstić information content (AvgIpc) is 2.95. The van der Waals surface area contributed by atoms with Crippen LogP contribution in [0.1, 0.15) is 68.6 Å². The van der Waals surface area contributed by atoms with Gasteiger partial charge in [0.15, 0.2) is 6.61 Å². The van der Waals surface area contributed by atoms with E-state index in [0.717, 1.165) is 42.4 Å². The smallest absolute Gasteiger partial charge is 0.261 e. The lowest BCUT2D eigenvalue weighted by Gasteiger charge is -2.33. The van der Waals surface area contributed by atoms with Gasteiger partial charge in [0.1, 0.15) is 17.6 Å². The van der Waals surface area contributed by atoms with Gasteiger partial charge in [-0.1, -0.05) is 93.8 Å². The molecule has 1 aliphatic carbocycles. The van der Waals surface area contributed by atoms with Crippen molar-refractivity contribution in [2.45, 2.75) is 76.9 Å². The lowest BCUT2D eigenvalue weighted by Crippen LogP contribution is -2.53. The maximum absolute atomic E-state index is 13.8. The molecule has 1 atom stereocenters. The van der Waals surface area contributed by atoms with Crippen LogP contribution in [0.4, 0.5) is 4.39 Å². The highest BCUT2D eigenvalue weighted by Crippen LogP contribution is 2.26. The van der Waals surface area contributed by atoms with E-state index >= 15 is 0 Å². The van der Waals surface area contributed by atoms with Gasteiger partial charge in [-0.2, -0.15) is 0 Å². The van der Waals surface area contributed by atoms with Crippen LogP contribution in [-0.4, -0.2) is 35.4 Å². The molecule has 3 aromatic rings. The van der Waals surface area contributed by atoms with Crippen molar-refractivity contribution in [1.29, 1.82) is 0 Å². The number of rotatable bonds is 11. The van der Waals surface area contributed by atoms with Crippen LogP contribution < -0.4 is 10.1 Å². The molecule has 206 valence electrons. The minimum absolute atomic E-state index is 0.112. The second-order valence-corrected chi connectivity index (χ2v) is 10.7. The van der Waals surface area contributed by atoms with Gasteiger partial charge in [-0.25, -0.2) is 4.39 Å². The molecule has 1 aliphatic rings. The van der Waals surface area contributed by atoms with Crippen LogP contribution in [0.5, 0.6) is 5.75 Å². The number of halogens is 1. The second-order valence-electron chi connectivity index (χ2n) is 10.7. The molecule has 0 radical (unpaired) electrons. The number of hydrogen-bond acceptors (Lipinski definition) is 3. The Morgan fingerprint density at radius 2 is 1.56 bits per heavy atom. The highest BCUT2D eigenvalue weighted by atomic mass is 19.1. The third kappa shape index (κ3) is 8.16. The lowest BCUT2D eigenvalue weighted by molar-refractivity contribution is -0.143. The summed E-state index contributed by atoms with van der Waals surface area (Å²) in [6.45, 7) is 4.13. The van der Waals surface area contributed by atoms with Crippen LogP contribution in [0.25, 0.3) is 0 Å². The van der Waals surface area contributed by atoms with Crippen LogP contribution in [0.2, 0.25) is 0 Å². The van der Waals surface area contributed by atoms with Crippen molar-refractivity contribution in [2.24, 2.45) is 0 Å². The first-order valence-corrected chi connectivity index (χ1v) is 14.0. The van der Waals surface area contributed by atoms with E-state index in [0.29, 0.717) is 12.2 Å². The van der Waals surface area contributed by atoms with Crippen LogP contribution in [-0.2, 0) is 22.6 Å². The van der Waals surface area contributed by atoms with E-state index in [1.165, 1.54) is 18.6 Å². The summed E-state index contributed by atoms with van der Waals surface area (Å²) < 4.78 is 19.7. The van der Waals surface area contributed by atoms with Gasteiger partial charge >= 0.3 is 0 Å². The largest absolute Gasteiger partial charge is 0.483 e. The first kappa shape index (κ1) is 28.3. The normalized spacial score (nSPS) is 14.6. The van der Waals surface area contributed by atoms with E-state index in [1.54, 1.807) is 17.0 Å². The number of ether oxygens (including phenoxy) is 1. The van der Waals surface area contributed by atoms with Crippen LogP contribution in [0.3, 0.4) is 0 Å². The van der Waals surface area contributed by atoms with Crippen molar-refractivity contribution in [3.8, 4) is 5.75 Å². The molecular formula is C33H39FN2O3. The van der Waals surface area contributed by atoms with E-state index < -0.39 is 6.04 Å². The number of para-hydroxylation sites is 1. The highest BCUT2D eigenvalue weighted by molar-refractivity contribution is 5.88. The molecule has 39 heavy (non-hydrogen) atoms. The Bertz CT molecular complexity index is 1210. The van der Waals surface area contributed by atoms with Gasteiger partial charge in [-0.05, 0) is 53.6 Å². The molecule has 3 aromatic carbocycles. The van der Waals surface area contributed by atoms with Crippen molar-refractivity contribution in [2.75, 3.05) is 6.61 Å². The second kappa shape index (κ2) is 13.9. The van der Waals surface area contributed by atoms with Crippen LogP contribution in [0.15, 0.2) is 78.9 Å². The van der Waals surface area contributed by atoms with Crippen molar-refractivity contribution >= 4 is 11.8 Å². The van der Waals surface area contributed by atoms with Gasteiger partial charge in [-0.15, -0.1) is 0 Å². The summed E-state index contributed by atoms with van der Waals surface area (Å²) in [5, 5.41) is 3.23. The molecule has 1 unspecified atom stereocenters. The Balaban J connectivity index is 1.62. The minimum Gasteiger partial charge on any atom is -0.483 e. The molecule has 0 aromatic heterocycles. The summed E-state index contributed by atoms with van der Waals surface area (Å²) in [5.74, 6) is 0.0927. The van der Waals surface area contributed by atoms with Crippen LogP contribution >= 0.6 is 0 Å². The van der Waals surface area contributed by atoms with Crippen molar-refractivity contribution < 1.29 is 18.7 Å². The van der Waals surface area contributed by atoms with E-state index in [4.69, 9.17) is 4.74 Å². The number of benzene rings is 3. The van der Waals surface area contributed by atoms with E-state index in [-0.39, 0.29) is 42.7 Å².